The molecule has 3 heterocycles. The predicted molar refractivity (Wildman–Crippen MR) is 101 cm³/mol. The Balaban J connectivity index is 1.60. The van der Waals surface area contributed by atoms with E-state index in [1.54, 1.807) is 22.5 Å². The average molecular weight is 363 g/mol. The minimum atomic E-state index is 0.645. The van der Waals surface area contributed by atoms with Gasteiger partial charge in [0.1, 0.15) is 10.8 Å². The van der Waals surface area contributed by atoms with Crippen LogP contribution in [0.4, 0.5) is 0 Å². The van der Waals surface area contributed by atoms with Crippen molar-refractivity contribution in [2.45, 2.75) is 17.7 Å². The van der Waals surface area contributed by atoms with Crippen LogP contribution in [0.25, 0.3) is 17.0 Å². The van der Waals surface area contributed by atoms with Crippen LogP contribution in [0.3, 0.4) is 0 Å². The second-order valence-corrected chi connectivity index (χ2v) is 6.57. The van der Waals surface area contributed by atoms with E-state index >= 15 is 0 Å². The van der Waals surface area contributed by atoms with Gasteiger partial charge in [-0.2, -0.15) is 9.61 Å². The first-order chi connectivity index (χ1) is 12.8. The van der Waals surface area contributed by atoms with Gasteiger partial charge in [-0.3, -0.25) is 4.98 Å². The summed E-state index contributed by atoms with van der Waals surface area (Å²) in [5, 5.41) is 14.1. The summed E-state index contributed by atoms with van der Waals surface area (Å²) < 4.78 is 7.27. The Kier molecular flexibility index (Phi) is 4.79. The molecule has 0 fully saturated rings. The second kappa shape index (κ2) is 7.53. The topological polar surface area (TPSA) is 65.2 Å². The van der Waals surface area contributed by atoms with Crippen LogP contribution in [0.15, 0.2) is 66.0 Å². The molecule has 4 aromatic rings. The lowest BCUT2D eigenvalue weighted by atomic mass is 10.2. The van der Waals surface area contributed by atoms with Gasteiger partial charge in [-0.25, -0.2) is 0 Å². The molecule has 3 aromatic heterocycles. The maximum absolute atomic E-state index is 5.49. The Hall–Kier alpha value is -2.93. The molecule has 130 valence electrons. The number of fused-ring (bicyclic) bond motifs is 1. The van der Waals surface area contributed by atoms with Crippen molar-refractivity contribution in [2.24, 2.45) is 0 Å². The highest BCUT2D eigenvalue weighted by atomic mass is 32.2. The minimum absolute atomic E-state index is 0.645. The van der Waals surface area contributed by atoms with Crippen LogP contribution in [0.2, 0.25) is 0 Å². The third-order valence-corrected chi connectivity index (χ3v) is 4.76. The summed E-state index contributed by atoms with van der Waals surface area (Å²) in [6.45, 7) is 2.61. The SMILES string of the molecule is CCOc1ccc(-c2nnc3ccc(SCc4cccnc4)nn23)cc1. The summed E-state index contributed by atoms with van der Waals surface area (Å²) in [5.74, 6) is 2.37. The molecule has 0 N–H and O–H groups in total. The first kappa shape index (κ1) is 16.5. The normalized spacial score (nSPS) is 11.0. The monoisotopic (exact) mass is 363 g/mol. The standard InChI is InChI=1S/C19H17N5OS/c1-2-25-16-7-5-15(6-8-16)19-22-21-17-9-10-18(23-24(17)19)26-13-14-4-3-11-20-12-14/h3-12H,2,13H2,1H3. The highest BCUT2D eigenvalue weighted by Gasteiger charge is 2.10. The summed E-state index contributed by atoms with van der Waals surface area (Å²) >= 11 is 1.66. The zero-order valence-corrected chi connectivity index (χ0v) is 15.1. The van der Waals surface area contributed by atoms with Crippen molar-refractivity contribution in [3.63, 3.8) is 0 Å². The first-order valence-electron chi connectivity index (χ1n) is 8.31. The van der Waals surface area contributed by atoms with E-state index in [2.05, 4.69) is 26.3 Å². The third kappa shape index (κ3) is 3.52. The number of benzene rings is 1. The molecule has 0 aliphatic heterocycles. The summed E-state index contributed by atoms with van der Waals surface area (Å²) in [6.07, 6.45) is 3.65. The lowest BCUT2D eigenvalue weighted by Crippen LogP contribution is -1.97. The number of ether oxygens (including phenoxy) is 1. The quantitative estimate of drug-likeness (QED) is 0.485. The van der Waals surface area contributed by atoms with Gasteiger partial charge in [-0.05, 0) is 55.0 Å². The molecule has 0 bridgehead atoms. The van der Waals surface area contributed by atoms with Gasteiger partial charge in [-0.1, -0.05) is 17.8 Å². The molecule has 0 radical (unpaired) electrons. The van der Waals surface area contributed by atoms with Crippen molar-refractivity contribution < 1.29 is 4.74 Å². The van der Waals surface area contributed by atoms with Crippen LogP contribution in [0.1, 0.15) is 12.5 Å². The smallest absolute Gasteiger partial charge is 0.185 e. The van der Waals surface area contributed by atoms with Crippen molar-refractivity contribution in [2.75, 3.05) is 6.61 Å². The van der Waals surface area contributed by atoms with Crippen LogP contribution < -0.4 is 4.74 Å². The fourth-order valence-corrected chi connectivity index (χ4v) is 3.33. The maximum atomic E-state index is 5.49. The molecule has 0 saturated heterocycles. The lowest BCUT2D eigenvalue weighted by molar-refractivity contribution is 0.340. The molecule has 0 unspecified atom stereocenters. The Morgan fingerprint density at radius 1 is 1.04 bits per heavy atom. The molecular weight excluding hydrogens is 346 g/mol. The largest absolute Gasteiger partial charge is 0.494 e. The van der Waals surface area contributed by atoms with E-state index < -0.39 is 0 Å². The number of nitrogens with zero attached hydrogens (tertiary/aromatic N) is 5. The van der Waals surface area contributed by atoms with Gasteiger partial charge in [0.05, 0.1) is 6.61 Å². The second-order valence-electron chi connectivity index (χ2n) is 5.57. The van der Waals surface area contributed by atoms with Crippen molar-refractivity contribution in [3.05, 3.63) is 66.5 Å². The molecule has 0 spiro atoms. The Morgan fingerprint density at radius 2 is 1.92 bits per heavy atom. The van der Waals surface area contributed by atoms with Gasteiger partial charge in [0.2, 0.25) is 0 Å². The third-order valence-electron chi connectivity index (χ3n) is 3.77. The molecule has 7 heteroatoms. The molecule has 1 aromatic carbocycles. The molecule has 0 aliphatic rings. The lowest BCUT2D eigenvalue weighted by Gasteiger charge is -2.05. The zero-order chi connectivity index (χ0) is 17.8. The summed E-state index contributed by atoms with van der Waals surface area (Å²) in [6, 6.07) is 15.7. The summed E-state index contributed by atoms with van der Waals surface area (Å²) in [5.41, 5.74) is 2.83. The molecule has 26 heavy (non-hydrogen) atoms. The number of hydrogen-bond acceptors (Lipinski definition) is 6. The highest BCUT2D eigenvalue weighted by molar-refractivity contribution is 7.98. The van der Waals surface area contributed by atoms with E-state index in [1.165, 1.54) is 0 Å². The van der Waals surface area contributed by atoms with Gasteiger partial charge in [0, 0.05) is 23.7 Å². The summed E-state index contributed by atoms with van der Waals surface area (Å²) in [7, 11) is 0. The molecule has 0 amide bonds. The molecule has 0 saturated carbocycles. The number of rotatable bonds is 6. The molecule has 6 nitrogen and oxygen atoms in total. The van der Waals surface area contributed by atoms with Crippen LogP contribution in [0.5, 0.6) is 5.75 Å². The molecule has 0 atom stereocenters. The van der Waals surface area contributed by atoms with E-state index in [-0.39, 0.29) is 0 Å². The van der Waals surface area contributed by atoms with Gasteiger partial charge in [0.25, 0.3) is 0 Å². The first-order valence-corrected chi connectivity index (χ1v) is 9.29. The zero-order valence-electron chi connectivity index (χ0n) is 14.2. The number of thioether (sulfide) groups is 1. The summed E-state index contributed by atoms with van der Waals surface area (Å²) in [4.78, 5) is 4.14. The Labute approximate surface area is 155 Å². The van der Waals surface area contributed by atoms with E-state index in [0.717, 1.165) is 33.3 Å². The fourth-order valence-electron chi connectivity index (χ4n) is 2.54. The number of hydrogen-bond donors (Lipinski definition) is 0. The minimum Gasteiger partial charge on any atom is -0.494 e. The maximum Gasteiger partial charge on any atom is 0.185 e. The van der Waals surface area contributed by atoms with Gasteiger partial charge < -0.3 is 4.74 Å². The van der Waals surface area contributed by atoms with Crippen molar-refractivity contribution in [1.82, 2.24) is 24.8 Å². The predicted octanol–water partition coefficient (Wildman–Crippen LogP) is 3.88. The Bertz CT molecular complexity index is 1000. The van der Waals surface area contributed by atoms with E-state index in [0.29, 0.717) is 12.4 Å². The molecular formula is C19H17N5OS. The van der Waals surface area contributed by atoms with Crippen molar-refractivity contribution >= 4 is 17.4 Å². The van der Waals surface area contributed by atoms with E-state index in [1.807, 2.05) is 55.6 Å². The highest BCUT2D eigenvalue weighted by Crippen LogP contribution is 2.24. The average Bonchev–Trinajstić information content (AvgIpc) is 3.11. The van der Waals surface area contributed by atoms with Crippen LogP contribution >= 0.6 is 11.8 Å². The Morgan fingerprint density at radius 3 is 2.69 bits per heavy atom. The van der Waals surface area contributed by atoms with Crippen LogP contribution in [-0.2, 0) is 5.75 Å². The fraction of sp³-hybridized carbons (Fsp3) is 0.158. The molecule has 0 aliphatic carbocycles. The van der Waals surface area contributed by atoms with Gasteiger partial charge in [0.15, 0.2) is 11.5 Å². The van der Waals surface area contributed by atoms with Gasteiger partial charge in [-0.15, -0.1) is 10.2 Å². The number of aromatic nitrogens is 5. The van der Waals surface area contributed by atoms with Crippen LogP contribution in [0, 0.1) is 0 Å². The van der Waals surface area contributed by atoms with Crippen molar-refractivity contribution in [3.8, 4) is 17.1 Å². The van der Waals surface area contributed by atoms with E-state index in [4.69, 9.17) is 4.74 Å². The van der Waals surface area contributed by atoms with Crippen LogP contribution in [-0.4, -0.2) is 31.4 Å². The van der Waals surface area contributed by atoms with E-state index in [9.17, 15) is 0 Å². The van der Waals surface area contributed by atoms with Crippen molar-refractivity contribution in [1.29, 1.82) is 0 Å². The number of pyridine rings is 1. The van der Waals surface area contributed by atoms with Gasteiger partial charge >= 0.3 is 0 Å². The molecule has 4 rings (SSSR count).